The lowest BCUT2D eigenvalue weighted by molar-refractivity contribution is 0.0749. The smallest absolute Gasteiger partial charge is 0.272 e. The zero-order valence-electron chi connectivity index (χ0n) is 14.1. The summed E-state index contributed by atoms with van der Waals surface area (Å²) in [5, 5.41) is 0. The van der Waals surface area contributed by atoms with Gasteiger partial charge >= 0.3 is 0 Å². The summed E-state index contributed by atoms with van der Waals surface area (Å²) in [4.78, 5) is 25.9. The number of anilines is 1. The molecule has 0 radical (unpaired) electrons. The van der Waals surface area contributed by atoms with E-state index in [9.17, 15) is 4.79 Å². The lowest BCUT2D eigenvalue weighted by Crippen LogP contribution is -2.35. The molecule has 0 aliphatic carbocycles. The molecule has 122 valence electrons. The highest BCUT2D eigenvalue weighted by molar-refractivity contribution is 5.92. The van der Waals surface area contributed by atoms with E-state index in [0.717, 1.165) is 50.7 Å². The van der Waals surface area contributed by atoms with E-state index >= 15 is 0 Å². The van der Waals surface area contributed by atoms with Gasteiger partial charge in [-0.2, -0.15) is 0 Å². The summed E-state index contributed by atoms with van der Waals surface area (Å²) in [5.41, 5.74) is 1.40. The maximum Gasteiger partial charge on any atom is 0.272 e. The second-order valence-electron chi connectivity index (χ2n) is 6.03. The maximum absolute atomic E-state index is 12.7. The van der Waals surface area contributed by atoms with Gasteiger partial charge in [-0.05, 0) is 45.1 Å². The molecule has 0 spiro atoms. The van der Waals surface area contributed by atoms with Crippen LogP contribution >= 0.6 is 0 Å². The zero-order valence-corrected chi connectivity index (χ0v) is 14.1. The number of piperidine rings is 1. The molecule has 22 heavy (non-hydrogen) atoms. The normalized spacial score (nSPS) is 15.0. The van der Waals surface area contributed by atoms with Crippen LogP contribution in [-0.2, 0) is 0 Å². The number of aromatic nitrogens is 2. The first-order valence-electron chi connectivity index (χ1n) is 8.55. The van der Waals surface area contributed by atoms with E-state index in [2.05, 4.69) is 28.7 Å². The van der Waals surface area contributed by atoms with Gasteiger partial charge in [-0.15, -0.1) is 0 Å². The number of carbonyl (C=O) groups is 1. The maximum atomic E-state index is 12.7. The van der Waals surface area contributed by atoms with Gasteiger partial charge in [-0.25, -0.2) is 9.97 Å². The van der Waals surface area contributed by atoms with E-state index in [1.54, 1.807) is 0 Å². The van der Waals surface area contributed by atoms with Crippen molar-refractivity contribution >= 4 is 11.9 Å². The predicted molar refractivity (Wildman–Crippen MR) is 89.3 cm³/mol. The molecular weight excluding hydrogens is 276 g/mol. The molecule has 0 aromatic carbocycles. The van der Waals surface area contributed by atoms with Crippen molar-refractivity contribution in [1.29, 1.82) is 0 Å². The van der Waals surface area contributed by atoms with E-state index in [0.29, 0.717) is 5.69 Å². The van der Waals surface area contributed by atoms with Crippen LogP contribution in [0.25, 0.3) is 0 Å². The van der Waals surface area contributed by atoms with Gasteiger partial charge in [0, 0.05) is 31.9 Å². The number of nitrogens with zero attached hydrogens (tertiary/aromatic N) is 4. The Kier molecular flexibility index (Phi) is 6.16. The van der Waals surface area contributed by atoms with Crippen LogP contribution in [0.1, 0.15) is 62.1 Å². The highest BCUT2D eigenvalue weighted by atomic mass is 16.2. The Morgan fingerprint density at radius 2 is 1.77 bits per heavy atom. The fraction of sp³-hybridized carbons (Fsp3) is 0.706. The van der Waals surface area contributed by atoms with Crippen LogP contribution < -0.4 is 4.90 Å². The Bertz CT molecular complexity index is 491. The molecule has 2 heterocycles. The van der Waals surface area contributed by atoms with Gasteiger partial charge in [-0.1, -0.05) is 13.8 Å². The first-order valence-corrected chi connectivity index (χ1v) is 8.55. The molecule has 2 rings (SSSR count). The first kappa shape index (κ1) is 16.7. The van der Waals surface area contributed by atoms with Gasteiger partial charge in [0.1, 0.15) is 5.69 Å². The Morgan fingerprint density at radius 1 is 1.14 bits per heavy atom. The molecule has 5 heteroatoms. The van der Waals surface area contributed by atoms with Crippen molar-refractivity contribution in [3.8, 4) is 0 Å². The molecule has 0 unspecified atom stereocenters. The van der Waals surface area contributed by atoms with E-state index in [4.69, 9.17) is 0 Å². The van der Waals surface area contributed by atoms with Gasteiger partial charge in [0.25, 0.3) is 5.91 Å². The number of amides is 1. The molecule has 1 saturated heterocycles. The molecule has 1 aliphatic heterocycles. The van der Waals surface area contributed by atoms with Gasteiger partial charge in [-0.3, -0.25) is 4.79 Å². The van der Waals surface area contributed by atoms with E-state index in [-0.39, 0.29) is 5.91 Å². The van der Waals surface area contributed by atoms with Crippen LogP contribution in [0.3, 0.4) is 0 Å². The third-order valence-electron chi connectivity index (χ3n) is 3.97. The summed E-state index contributed by atoms with van der Waals surface area (Å²) >= 11 is 0. The molecule has 0 N–H and O–H groups in total. The van der Waals surface area contributed by atoms with Crippen molar-refractivity contribution in [3.05, 3.63) is 17.5 Å². The minimum atomic E-state index is 0.0347. The lowest BCUT2D eigenvalue weighted by Gasteiger charge is -2.27. The molecule has 0 bridgehead atoms. The standard InChI is InChI=1S/C17H28N4O/c1-4-9-20(10-5-2)16(22)15-13-14(3)18-17(19-15)21-11-7-6-8-12-21/h13H,4-12H2,1-3H3. The number of hydrogen-bond donors (Lipinski definition) is 0. The lowest BCUT2D eigenvalue weighted by atomic mass is 10.1. The van der Waals surface area contributed by atoms with E-state index < -0.39 is 0 Å². The molecule has 5 nitrogen and oxygen atoms in total. The Morgan fingerprint density at radius 3 is 2.36 bits per heavy atom. The van der Waals surface area contributed by atoms with Crippen LogP contribution in [0.5, 0.6) is 0 Å². The van der Waals surface area contributed by atoms with Crippen molar-refractivity contribution in [1.82, 2.24) is 14.9 Å². The molecule has 0 saturated carbocycles. The van der Waals surface area contributed by atoms with Crippen LogP contribution in [-0.4, -0.2) is 47.0 Å². The predicted octanol–water partition coefficient (Wildman–Crippen LogP) is 3.04. The van der Waals surface area contributed by atoms with E-state index in [1.807, 2.05) is 17.9 Å². The highest BCUT2D eigenvalue weighted by Gasteiger charge is 2.20. The third-order valence-corrected chi connectivity index (χ3v) is 3.97. The summed E-state index contributed by atoms with van der Waals surface area (Å²) < 4.78 is 0. The van der Waals surface area contributed by atoms with Crippen molar-refractivity contribution in [2.45, 2.75) is 52.9 Å². The Labute approximate surface area is 133 Å². The SMILES string of the molecule is CCCN(CCC)C(=O)c1cc(C)nc(N2CCCCC2)n1. The van der Waals surface area contributed by atoms with Crippen molar-refractivity contribution < 1.29 is 4.79 Å². The summed E-state index contributed by atoms with van der Waals surface area (Å²) in [6.45, 7) is 9.69. The summed E-state index contributed by atoms with van der Waals surface area (Å²) in [7, 11) is 0. The molecule has 1 amide bonds. The average molecular weight is 304 g/mol. The topological polar surface area (TPSA) is 49.3 Å². The van der Waals surface area contributed by atoms with Gasteiger partial charge in [0.15, 0.2) is 0 Å². The van der Waals surface area contributed by atoms with Gasteiger partial charge in [0.2, 0.25) is 5.95 Å². The van der Waals surface area contributed by atoms with Gasteiger partial charge in [0.05, 0.1) is 0 Å². The van der Waals surface area contributed by atoms with Crippen molar-refractivity contribution in [3.63, 3.8) is 0 Å². The van der Waals surface area contributed by atoms with Crippen LogP contribution in [0.4, 0.5) is 5.95 Å². The fourth-order valence-electron chi connectivity index (χ4n) is 2.91. The summed E-state index contributed by atoms with van der Waals surface area (Å²) in [5.74, 6) is 0.753. The average Bonchev–Trinajstić information content (AvgIpc) is 2.54. The van der Waals surface area contributed by atoms with Gasteiger partial charge < -0.3 is 9.80 Å². The summed E-state index contributed by atoms with van der Waals surface area (Å²) in [6.07, 6.45) is 5.56. The molecular formula is C17H28N4O. The molecule has 0 atom stereocenters. The Hall–Kier alpha value is -1.65. The van der Waals surface area contributed by atoms with Crippen LogP contribution in [0.2, 0.25) is 0 Å². The summed E-state index contributed by atoms with van der Waals surface area (Å²) in [6, 6.07) is 1.81. The minimum absolute atomic E-state index is 0.0347. The van der Waals surface area contributed by atoms with Crippen LogP contribution in [0.15, 0.2) is 6.07 Å². The number of aryl methyl sites for hydroxylation is 1. The second kappa shape index (κ2) is 8.11. The van der Waals surface area contributed by atoms with Crippen molar-refractivity contribution in [2.24, 2.45) is 0 Å². The fourth-order valence-corrected chi connectivity index (χ4v) is 2.91. The van der Waals surface area contributed by atoms with Crippen LogP contribution in [0, 0.1) is 6.92 Å². The van der Waals surface area contributed by atoms with E-state index in [1.165, 1.54) is 19.3 Å². The second-order valence-corrected chi connectivity index (χ2v) is 6.03. The molecule has 1 aliphatic rings. The quantitative estimate of drug-likeness (QED) is 0.810. The molecule has 1 fully saturated rings. The number of hydrogen-bond acceptors (Lipinski definition) is 4. The number of carbonyl (C=O) groups excluding carboxylic acids is 1. The zero-order chi connectivity index (χ0) is 15.9. The Balaban J connectivity index is 2.22. The monoisotopic (exact) mass is 304 g/mol. The third kappa shape index (κ3) is 4.18. The first-order chi connectivity index (χ1) is 10.7. The minimum Gasteiger partial charge on any atom is -0.341 e. The largest absolute Gasteiger partial charge is 0.341 e. The number of rotatable bonds is 6. The molecule has 1 aromatic rings. The van der Waals surface area contributed by atoms with Crippen molar-refractivity contribution in [2.75, 3.05) is 31.1 Å². The highest BCUT2D eigenvalue weighted by Crippen LogP contribution is 2.17. The molecule has 1 aromatic heterocycles.